The predicted molar refractivity (Wildman–Crippen MR) is 206 cm³/mol. The van der Waals surface area contributed by atoms with E-state index in [1.165, 1.54) is 30.3 Å². The first kappa shape index (κ1) is 40.3. The van der Waals surface area contributed by atoms with Gasteiger partial charge in [0.2, 0.25) is 20.0 Å². The van der Waals surface area contributed by atoms with Crippen molar-refractivity contribution in [2.45, 2.75) is 121 Å². The minimum atomic E-state index is -4.01. The molecule has 2 fully saturated rings. The van der Waals surface area contributed by atoms with Crippen LogP contribution in [0.15, 0.2) is 56.5 Å². The van der Waals surface area contributed by atoms with Gasteiger partial charge in [0.25, 0.3) is 0 Å². The van der Waals surface area contributed by atoms with Crippen molar-refractivity contribution in [1.29, 1.82) is 0 Å². The summed E-state index contributed by atoms with van der Waals surface area (Å²) < 4.78 is 61.0. The first-order valence-electron chi connectivity index (χ1n) is 18.7. The van der Waals surface area contributed by atoms with Gasteiger partial charge in [0.15, 0.2) is 0 Å². The number of sulfonamides is 2. The lowest BCUT2D eigenvalue weighted by Crippen LogP contribution is -2.44. The average molecular weight is 758 g/mol. The number of rotatable bonds is 10. The molecule has 0 unspecified atom stereocenters. The zero-order valence-corrected chi connectivity index (χ0v) is 33.8. The van der Waals surface area contributed by atoms with Gasteiger partial charge in [0, 0.05) is 40.9 Å². The van der Waals surface area contributed by atoms with Crippen LogP contribution in [-0.2, 0) is 20.0 Å². The quantitative estimate of drug-likeness (QED) is 0.151. The Hall–Kier alpha value is -2.84. The molecule has 0 atom stereocenters. The second kappa shape index (κ2) is 15.5. The standard InChI is InChI=1S/C39H59N5O6S2/c1-38(2,3)26-10-14-28(15-11-26)42-51(47,48)30-18-20-32-34(24-30)37(41-46)35-25-31(19-21-33(35)36(32)40-45)52(49,50)44(23-9-22-43(7)8)29-16-12-27(13-17-29)39(4,5)6/h18-21,24-29,42,45-46H,9-17,22-23H2,1-8H3. The van der Waals surface area contributed by atoms with Crippen molar-refractivity contribution in [3.05, 3.63) is 58.7 Å². The zero-order valence-electron chi connectivity index (χ0n) is 32.2. The van der Waals surface area contributed by atoms with Crippen LogP contribution in [0.25, 0.3) is 0 Å². The molecule has 288 valence electrons. The highest BCUT2D eigenvalue weighted by atomic mass is 32.2. The molecule has 0 spiro atoms. The second-order valence-electron chi connectivity index (χ2n) is 17.5. The molecule has 2 saturated carbocycles. The molecule has 11 nitrogen and oxygen atoms in total. The Bertz CT molecular complexity index is 1880. The lowest BCUT2D eigenvalue weighted by atomic mass is 9.71. The van der Waals surface area contributed by atoms with E-state index in [2.05, 4.69) is 56.6 Å². The van der Waals surface area contributed by atoms with E-state index >= 15 is 0 Å². The highest BCUT2D eigenvalue weighted by Gasteiger charge is 2.39. The molecule has 5 rings (SSSR count). The summed E-state index contributed by atoms with van der Waals surface area (Å²) in [6.07, 6.45) is 7.47. The normalized spacial score (nSPS) is 24.7. The number of fused-ring (bicyclic) bond motifs is 2. The van der Waals surface area contributed by atoms with Crippen LogP contribution in [0.1, 0.15) is 122 Å². The average Bonchev–Trinajstić information content (AvgIpc) is 3.07. The fourth-order valence-electron chi connectivity index (χ4n) is 8.46. The van der Waals surface area contributed by atoms with E-state index < -0.39 is 20.0 Å². The summed E-state index contributed by atoms with van der Waals surface area (Å²) in [4.78, 5) is 2.05. The number of oxime groups is 2. The van der Waals surface area contributed by atoms with Gasteiger partial charge in [-0.05, 0) is 125 Å². The number of benzene rings is 2. The number of nitrogens with one attached hydrogen (secondary N) is 1. The van der Waals surface area contributed by atoms with Crippen LogP contribution in [0.2, 0.25) is 0 Å². The van der Waals surface area contributed by atoms with Crippen molar-refractivity contribution in [3.8, 4) is 0 Å². The fourth-order valence-corrected chi connectivity index (χ4v) is 11.5. The maximum absolute atomic E-state index is 14.6. The lowest BCUT2D eigenvalue weighted by molar-refractivity contribution is 0.133. The molecule has 3 N–H and O–H groups in total. The highest BCUT2D eigenvalue weighted by Crippen LogP contribution is 2.41. The van der Waals surface area contributed by atoms with Crippen molar-refractivity contribution in [1.82, 2.24) is 13.9 Å². The Balaban J connectivity index is 1.46. The van der Waals surface area contributed by atoms with Gasteiger partial charge < -0.3 is 15.3 Å². The van der Waals surface area contributed by atoms with E-state index in [0.29, 0.717) is 35.9 Å². The molecule has 0 aromatic heterocycles. The topological polar surface area (TPSA) is 152 Å². The van der Waals surface area contributed by atoms with Gasteiger partial charge in [0.1, 0.15) is 11.4 Å². The third-order valence-corrected chi connectivity index (χ3v) is 15.2. The highest BCUT2D eigenvalue weighted by molar-refractivity contribution is 7.89. The molecular formula is C39H59N5O6S2. The van der Waals surface area contributed by atoms with Crippen molar-refractivity contribution < 1.29 is 27.3 Å². The summed E-state index contributed by atoms with van der Waals surface area (Å²) >= 11 is 0. The van der Waals surface area contributed by atoms with Gasteiger partial charge in [-0.3, -0.25) is 0 Å². The van der Waals surface area contributed by atoms with Crippen LogP contribution in [0.4, 0.5) is 0 Å². The van der Waals surface area contributed by atoms with Gasteiger partial charge in [-0.1, -0.05) is 64.0 Å². The maximum Gasteiger partial charge on any atom is 0.243 e. The largest absolute Gasteiger partial charge is 0.410 e. The van der Waals surface area contributed by atoms with E-state index in [9.17, 15) is 27.3 Å². The second-order valence-corrected chi connectivity index (χ2v) is 21.1. The summed E-state index contributed by atoms with van der Waals surface area (Å²) in [5, 5.41) is 27.7. The van der Waals surface area contributed by atoms with Gasteiger partial charge >= 0.3 is 0 Å². The van der Waals surface area contributed by atoms with E-state index in [0.717, 1.165) is 57.9 Å². The van der Waals surface area contributed by atoms with Crippen LogP contribution in [0.3, 0.4) is 0 Å². The van der Waals surface area contributed by atoms with Crippen molar-refractivity contribution in [2.24, 2.45) is 33.0 Å². The van der Waals surface area contributed by atoms with Gasteiger partial charge in [-0.15, -0.1) is 0 Å². The Kier molecular flexibility index (Phi) is 12.0. The summed E-state index contributed by atoms with van der Waals surface area (Å²) in [6.45, 7) is 14.5. The van der Waals surface area contributed by atoms with Crippen LogP contribution in [0, 0.1) is 22.7 Å². The molecule has 0 saturated heterocycles. The van der Waals surface area contributed by atoms with Gasteiger partial charge in [-0.2, -0.15) is 4.31 Å². The number of hydrogen-bond donors (Lipinski definition) is 3. The lowest BCUT2D eigenvalue weighted by Gasteiger charge is -2.40. The molecule has 2 aromatic rings. The molecular weight excluding hydrogens is 699 g/mol. The summed E-state index contributed by atoms with van der Waals surface area (Å²) in [5.74, 6) is 1.05. The zero-order chi connectivity index (χ0) is 38.2. The Morgan fingerprint density at radius 1 is 0.673 bits per heavy atom. The van der Waals surface area contributed by atoms with Crippen molar-refractivity contribution in [3.63, 3.8) is 0 Å². The monoisotopic (exact) mass is 757 g/mol. The predicted octanol–water partition coefficient (Wildman–Crippen LogP) is 6.88. The van der Waals surface area contributed by atoms with Crippen LogP contribution in [0.5, 0.6) is 0 Å². The Morgan fingerprint density at radius 3 is 1.62 bits per heavy atom. The number of hydrogen-bond acceptors (Lipinski definition) is 9. The summed E-state index contributed by atoms with van der Waals surface area (Å²) in [5.41, 5.74) is 1.64. The molecule has 0 amide bonds. The molecule has 0 bridgehead atoms. The Labute approximate surface area is 311 Å². The number of nitrogens with zero attached hydrogens (tertiary/aromatic N) is 4. The van der Waals surface area contributed by atoms with E-state index in [-0.39, 0.29) is 55.3 Å². The minimum absolute atomic E-state index is 0.00188. The maximum atomic E-state index is 14.6. The molecule has 3 aliphatic carbocycles. The molecule has 3 aliphatic rings. The summed E-state index contributed by atoms with van der Waals surface area (Å²) in [7, 11) is -4.03. The minimum Gasteiger partial charge on any atom is -0.410 e. The van der Waals surface area contributed by atoms with Gasteiger partial charge in [-0.25, -0.2) is 21.6 Å². The smallest absolute Gasteiger partial charge is 0.243 e. The summed E-state index contributed by atoms with van der Waals surface area (Å²) in [6, 6.07) is 8.59. The third-order valence-electron chi connectivity index (χ3n) is 11.7. The molecule has 0 heterocycles. The fraction of sp³-hybridized carbons (Fsp3) is 0.641. The van der Waals surface area contributed by atoms with Crippen LogP contribution >= 0.6 is 0 Å². The molecule has 2 aromatic carbocycles. The van der Waals surface area contributed by atoms with E-state index in [1.54, 1.807) is 10.4 Å². The van der Waals surface area contributed by atoms with E-state index in [1.807, 2.05) is 19.0 Å². The van der Waals surface area contributed by atoms with Crippen LogP contribution in [-0.4, -0.2) is 87.1 Å². The first-order valence-corrected chi connectivity index (χ1v) is 21.6. The SMILES string of the molecule is CN(C)CCCN(C1CCC(C(C)(C)C)CC1)S(=O)(=O)c1ccc2c(c1)C(=NO)c1cc(S(=O)(=O)NC3CCC(C(C)(C)C)CC3)ccc1C2=NO. The molecule has 0 radical (unpaired) electrons. The molecule has 0 aliphatic heterocycles. The first-order chi connectivity index (χ1) is 24.3. The van der Waals surface area contributed by atoms with Gasteiger partial charge in [0.05, 0.1) is 9.79 Å². The van der Waals surface area contributed by atoms with Crippen molar-refractivity contribution >= 4 is 31.5 Å². The van der Waals surface area contributed by atoms with Crippen LogP contribution < -0.4 is 4.72 Å². The third kappa shape index (κ3) is 8.59. The van der Waals surface area contributed by atoms with Crippen molar-refractivity contribution in [2.75, 3.05) is 27.2 Å². The Morgan fingerprint density at radius 2 is 1.13 bits per heavy atom. The molecule has 13 heteroatoms. The molecule has 52 heavy (non-hydrogen) atoms. The van der Waals surface area contributed by atoms with E-state index in [4.69, 9.17) is 0 Å².